The Kier molecular flexibility index (Phi) is 4.25. The fourth-order valence-corrected chi connectivity index (χ4v) is 1.55. The summed E-state index contributed by atoms with van der Waals surface area (Å²) in [6.45, 7) is 0. The Balaban J connectivity index is 2.03. The lowest BCUT2D eigenvalue weighted by molar-refractivity contribution is -0.384. The number of carbonyl (C=O) groups excluding carboxylic acids is 1. The average Bonchev–Trinajstić information content (AvgIpc) is 2.49. The van der Waals surface area contributed by atoms with Gasteiger partial charge in [0.15, 0.2) is 0 Å². The molecule has 0 fully saturated rings. The molecule has 2 rings (SSSR count). The van der Waals surface area contributed by atoms with Gasteiger partial charge in [-0.25, -0.2) is 5.43 Å². The summed E-state index contributed by atoms with van der Waals surface area (Å²) in [7, 11) is 0. The van der Waals surface area contributed by atoms with Crippen LogP contribution in [0, 0.1) is 10.1 Å². The Labute approximate surface area is 119 Å². The van der Waals surface area contributed by atoms with Crippen LogP contribution < -0.4 is 5.43 Å². The van der Waals surface area contributed by atoms with Crippen LogP contribution in [0.25, 0.3) is 0 Å². The van der Waals surface area contributed by atoms with Crippen LogP contribution in [0.1, 0.15) is 15.9 Å². The Hall–Kier alpha value is -3.22. The number of nitrogens with zero attached hydrogens (tertiary/aromatic N) is 2. The molecule has 2 aromatic carbocycles. The number of phenolic OH excluding ortho intramolecular Hbond substituents is 1. The van der Waals surface area contributed by atoms with E-state index in [1.54, 1.807) is 12.1 Å². The van der Waals surface area contributed by atoms with Gasteiger partial charge >= 0.3 is 0 Å². The minimum Gasteiger partial charge on any atom is -0.508 e. The fourth-order valence-electron chi connectivity index (χ4n) is 1.55. The van der Waals surface area contributed by atoms with Crippen LogP contribution in [0.3, 0.4) is 0 Å². The third kappa shape index (κ3) is 3.87. The molecule has 21 heavy (non-hydrogen) atoms. The highest BCUT2D eigenvalue weighted by molar-refractivity contribution is 5.95. The van der Waals surface area contributed by atoms with Crippen LogP contribution >= 0.6 is 0 Å². The summed E-state index contributed by atoms with van der Waals surface area (Å²) in [6, 6.07) is 11.6. The van der Waals surface area contributed by atoms with E-state index in [4.69, 9.17) is 5.11 Å². The van der Waals surface area contributed by atoms with Crippen molar-refractivity contribution in [2.75, 3.05) is 0 Å². The standard InChI is InChI=1S/C14H11N3O4/c18-13-6-4-10(5-7-13)9-15-16-14(19)11-2-1-3-12(8-11)17(20)21/h1-9,18H,(H,16,19)/b15-9+. The van der Waals surface area contributed by atoms with E-state index in [1.165, 1.54) is 42.6 Å². The molecule has 106 valence electrons. The Morgan fingerprint density at radius 2 is 1.95 bits per heavy atom. The lowest BCUT2D eigenvalue weighted by Crippen LogP contribution is -2.17. The van der Waals surface area contributed by atoms with Crippen molar-refractivity contribution in [3.63, 3.8) is 0 Å². The number of benzene rings is 2. The van der Waals surface area contributed by atoms with Crippen molar-refractivity contribution in [2.45, 2.75) is 0 Å². The number of rotatable bonds is 4. The molecule has 0 aromatic heterocycles. The van der Waals surface area contributed by atoms with Gasteiger partial charge in [0.25, 0.3) is 11.6 Å². The number of hydrazone groups is 1. The normalized spacial score (nSPS) is 10.5. The van der Waals surface area contributed by atoms with Crippen LogP contribution in [0.4, 0.5) is 5.69 Å². The Morgan fingerprint density at radius 1 is 1.24 bits per heavy atom. The monoisotopic (exact) mass is 285 g/mol. The summed E-state index contributed by atoms with van der Waals surface area (Å²) in [5.74, 6) is -0.415. The second kappa shape index (κ2) is 6.29. The molecule has 7 heteroatoms. The van der Waals surface area contributed by atoms with Gasteiger partial charge < -0.3 is 5.11 Å². The maximum Gasteiger partial charge on any atom is 0.271 e. The van der Waals surface area contributed by atoms with Crippen molar-refractivity contribution >= 4 is 17.8 Å². The average molecular weight is 285 g/mol. The van der Waals surface area contributed by atoms with Gasteiger partial charge in [-0.1, -0.05) is 6.07 Å². The van der Waals surface area contributed by atoms with Crippen molar-refractivity contribution in [1.82, 2.24) is 5.43 Å². The van der Waals surface area contributed by atoms with E-state index in [1.807, 2.05) is 0 Å². The van der Waals surface area contributed by atoms with E-state index in [0.29, 0.717) is 5.56 Å². The molecule has 0 unspecified atom stereocenters. The maximum absolute atomic E-state index is 11.8. The molecule has 0 spiro atoms. The smallest absolute Gasteiger partial charge is 0.271 e. The van der Waals surface area contributed by atoms with Crippen LogP contribution in [0.15, 0.2) is 53.6 Å². The second-order valence-electron chi connectivity index (χ2n) is 4.10. The van der Waals surface area contributed by atoms with Crippen molar-refractivity contribution in [1.29, 1.82) is 0 Å². The first kappa shape index (κ1) is 14.2. The Bertz CT molecular complexity index is 696. The molecule has 0 aliphatic heterocycles. The van der Waals surface area contributed by atoms with E-state index in [2.05, 4.69) is 10.5 Å². The molecule has 0 atom stereocenters. The zero-order valence-corrected chi connectivity index (χ0v) is 10.8. The third-order valence-electron chi connectivity index (χ3n) is 2.59. The number of non-ortho nitro benzene ring substituents is 1. The highest BCUT2D eigenvalue weighted by Crippen LogP contribution is 2.13. The minimum absolute atomic E-state index is 0.132. The predicted octanol–water partition coefficient (Wildman–Crippen LogP) is 2.06. The van der Waals surface area contributed by atoms with Crippen LogP contribution in [0.2, 0.25) is 0 Å². The number of phenols is 1. The SMILES string of the molecule is O=C(N/N=C/c1ccc(O)cc1)c1cccc([N+](=O)[O-])c1. The zero-order chi connectivity index (χ0) is 15.2. The molecule has 0 saturated carbocycles. The van der Waals surface area contributed by atoms with Crippen LogP contribution in [0.5, 0.6) is 5.75 Å². The summed E-state index contributed by atoms with van der Waals surface area (Å²) in [6.07, 6.45) is 1.40. The summed E-state index contributed by atoms with van der Waals surface area (Å²) in [4.78, 5) is 21.8. The lowest BCUT2D eigenvalue weighted by Gasteiger charge is -1.99. The first-order valence-corrected chi connectivity index (χ1v) is 5.93. The second-order valence-corrected chi connectivity index (χ2v) is 4.10. The number of carbonyl (C=O) groups is 1. The summed E-state index contributed by atoms with van der Waals surface area (Å²) < 4.78 is 0. The van der Waals surface area contributed by atoms with E-state index in [0.717, 1.165) is 0 Å². The third-order valence-corrected chi connectivity index (χ3v) is 2.59. The number of nitro groups is 1. The molecule has 2 aromatic rings. The number of aromatic hydroxyl groups is 1. The van der Waals surface area contributed by atoms with Gasteiger partial charge in [-0.15, -0.1) is 0 Å². The Morgan fingerprint density at radius 3 is 2.62 bits per heavy atom. The fraction of sp³-hybridized carbons (Fsp3) is 0. The van der Waals surface area contributed by atoms with E-state index in [-0.39, 0.29) is 17.0 Å². The first-order chi connectivity index (χ1) is 10.1. The minimum atomic E-state index is -0.573. The molecule has 2 N–H and O–H groups in total. The van der Waals surface area contributed by atoms with Crippen molar-refractivity contribution in [3.05, 3.63) is 69.8 Å². The molecule has 0 heterocycles. The molecule has 7 nitrogen and oxygen atoms in total. The molecule has 0 aliphatic carbocycles. The molecule has 1 amide bonds. The summed E-state index contributed by atoms with van der Waals surface area (Å²) in [5, 5.41) is 23.5. The van der Waals surface area contributed by atoms with Gasteiger partial charge in [0, 0.05) is 17.7 Å². The van der Waals surface area contributed by atoms with Gasteiger partial charge in [-0.05, 0) is 35.9 Å². The molecule has 0 radical (unpaired) electrons. The maximum atomic E-state index is 11.8. The summed E-state index contributed by atoms with van der Waals surface area (Å²) >= 11 is 0. The van der Waals surface area contributed by atoms with E-state index in [9.17, 15) is 14.9 Å². The number of nitrogens with one attached hydrogen (secondary N) is 1. The number of hydrogen-bond donors (Lipinski definition) is 2. The zero-order valence-electron chi connectivity index (χ0n) is 10.8. The van der Waals surface area contributed by atoms with Crippen LogP contribution in [-0.4, -0.2) is 22.2 Å². The van der Waals surface area contributed by atoms with Crippen molar-refractivity contribution in [2.24, 2.45) is 5.10 Å². The van der Waals surface area contributed by atoms with Crippen molar-refractivity contribution in [3.8, 4) is 5.75 Å². The lowest BCUT2D eigenvalue weighted by atomic mass is 10.2. The largest absolute Gasteiger partial charge is 0.508 e. The van der Waals surface area contributed by atoms with Gasteiger partial charge in [-0.2, -0.15) is 5.10 Å². The van der Waals surface area contributed by atoms with Crippen LogP contribution in [-0.2, 0) is 0 Å². The van der Waals surface area contributed by atoms with Gasteiger partial charge in [0.2, 0.25) is 0 Å². The molecule has 0 aliphatic rings. The number of hydrogen-bond acceptors (Lipinski definition) is 5. The molecule has 0 bridgehead atoms. The highest BCUT2D eigenvalue weighted by Gasteiger charge is 2.10. The van der Waals surface area contributed by atoms with Gasteiger partial charge in [0.05, 0.1) is 11.1 Å². The molecular weight excluding hydrogens is 274 g/mol. The molecule has 0 saturated heterocycles. The van der Waals surface area contributed by atoms with E-state index >= 15 is 0 Å². The molecular formula is C14H11N3O4. The van der Waals surface area contributed by atoms with Gasteiger partial charge in [-0.3, -0.25) is 14.9 Å². The number of amides is 1. The van der Waals surface area contributed by atoms with Gasteiger partial charge in [0.1, 0.15) is 5.75 Å². The summed E-state index contributed by atoms with van der Waals surface area (Å²) in [5.41, 5.74) is 2.94. The topological polar surface area (TPSA) is 105 Å². The highest BCUT2D eigenvalue weighted by atomic mass is 16.6. The van der Waals surface area contributed by atoms with Crippen molar-refractivity contribution < 1.29 is 14.8 Å². The first-order valence-electron chi connectivity index (χ1n) is 5.93. The number of nitro benzene ring substituents is 1. The quantitative estimate of drug-likeness (QED) is 0.509. The predicted molar refractivity (Wildman–Crippen MR) is 76.3 cm³/mol. The van der Waals surface area contributed by atoms with E-state index < -0.39 is 10.8 Å².